The van der Waals surface area contributed by atoms with Crippen LogP contribution in [0.15, 0.2) is 0 Å². The van der Waals surface area contributed by atoms with Crippen molar-refractivity contribution in [3.05, 3.63) is 0 Å². The fourth-order valence-corrected chi connectivity index (χ4v) is 0.387. The standard InChI is InChI=1S/C6H14O2.B/c1-4-5(2)6(3,7)8;/h5,7-8H,4H2,1-3H3;. The van der Waals surface area contributed by atoms with Gasteiger partial charge in [0.25, 0.3) is 0 Å². The highest BCUT2D eigenvalue weighted by Crippen LogP contribution is 2.15. The molecule has 0 saturated heterocycles. The first-order chi connectivity index (χ1) is 3.48. The second kappa shape index (κ2) is 3.91. The van der Waals surface area contributed by atoms with Crippen LogP contribution in [0.4, 0.5) is 0 Å². The molecule has 53 valence electrons. The Kier molecular flexibility index (Phi) is 5.10. The third-order valence-corrected chi connectivity index (χ3v) is 1.55. The van der Waals surface area contributed by atoms with Crippen LogP contribution in [0.3, 0.4) is 0 Å². The maximum Gasteiger partial charge on any atom is 0.162 e. The number of hydrogen-bond donors (Lipinski definition) is 2. The molecule has 3 heteroatoms. The predicted molar refractivity (Wildman–Crippen MR) is 38.1 cm³/mol. The van der Waals surface area contributed by atoms with E-state index < -0.39 is 5.79 Å². The van der Waals surface area contributed by atoms with Crippen LogP contribution in [0.5, 0.6) is 0 Å². The van der Waals surface area contributed by atoms with Gasteiger partial charge in [-0.05, 0) is 13.3 Å². The Bertz CT molecular complexity index is 67.9. The Morgan fingerprint density at radius 3 is 1.78 bits per heavy atom. The maximum atomic E-state index is 8.84. The Morgan fingerprint density at radius 2 is 1.78 bits per heavy atom. The summed E-state index contributed by atoms with van der Waals surface area (Å²) in [5.41, 5.74) is 0. The monoisotopic (exact) mass is 129 g/mol. The van der Waals surface area contributed by atoms with Gasteiger partial charge in [-0.2, -0.15) is 0 Å². The lowest BCUT2D eigenvalue weighted by Crippen LogP contribution is -2.31. The zero-order valence-corrected chi connectivity index (χ0v) is 6.26. The van der Waals surface area contributed by atoms with Gasteiger partial charge in [-0.25, -0.2) is 0 Å². The quantitative estimate of drug-likeness (QED) is 0.417. The van der Waals surface area contributed by atoms with Crippen molar-refractivity contribution in [3.63, 3.8) is 0 Å². The second-order valence-electron chi connectivity index (χ2n) is 2.40. The average Bonchev–Trinajstić information content (AvgIpc) is 1.62. The van der Waals surface area contributed by atoms with Crippen molar-refractivity contribution in [1.82, 2.24) is 0 Å². The Labute approximate surface area is 58.5 Å². The summed E-state index contributed by atoms with van der Waals surface area (Å²) in [4.78, 5) is 0. The molecule has 2 N–H and O–H groups in total. The average molecular weight is 129 g/mol. The smallest absolute Gasteiger partial charge is 0.162 e. The molecule has 0 spiro atoms. The van der Waals surface area contributed by atoms with Gasteiger partial charge in [0.1, 0.15) is 0 Å². The minimum absolute atomic E-state index is 0. The van der Waals surface area contributed by atoms with Crippen LogP contribution in [0, 0.1) is 5.92 Å². The summed E-state index contributed by atoms with van der Waals surface area (Å²) in [5.74, 6) is -1.53. The van der Waals surface area contributed by atoms with Gasteiger partial charge < -0.3 is 10.2 Å². The van der Waals surface area contributed by atoms with Crippen molar-refractivity contribution >= 4 is 8.41 Å². The summed E-state index contributed by atoms with van der Waals surface area (Å²) in [6.07, 6.45) is 0.795. The summed E-state index contributed by atoms with van der Waals surface area (Å²) >= 11 is 0. The molecule has 0 aliphatic heterocycles. The lowest BCUT2D eigenvalue weighted by molar-refractivity contribution is -0.181. The molecular formula is C6H14BO2. The molecule has 1 unspecified atom stereocenters. The third kappa shape index (κ3) is 4.49. The van der Waals surface area contributed by atoms with Gasteiger partial charge in [0.2, 0.25) is 0 Å². The Balaban J connectivity index is 0. The van der Waals surface area contributed by atoms with Crippen molar-refractivity contribution in [3.8, 4) is 0 Å². The number of aliphatic hydroxyl groups is 2. The topological polar surface area (TPSA) is 40.5 Å². The lowest BCUT2D eigenvalue weighted by Gasteiger charge is -2.22. The highest BCUT2D eigenvalue weighted by atomic mass is 16.5. The van der Waals surface area contributed by atoms with Gasteiger partial charge in [-0.3, -0.25) is 0 Å². The molecule has 0 amide bonds. The molecule has 0 heterocycles. The first-order valence-corrected chi connectivity index (χ1v) is 2.93. The summed E-state index contributed by atoms with van der Waals surface area (Å²) in [6.45, 7) is 5.14. The van der Waals surface area contributed by atoms with Crippen molar-refractivity contribution < 1.29 is 10.2 Å². The summed E-state index contributed by atoms with van der Waals surface area (Å²) < 4.78 is 0. The van der Waals surface area contributed by atoms with Gasteiger partial charge in [-0.15, -0.1) is 0 Å². The SMILES string of the molecule is CCC(C)C(C)(O)O.[B]. The van der Waals surface area contributed by atoms with Crippen LogP contribution in [-0.2, 0) is 0 Å². The Morgan fingerprint density at radius 1 is 1.44 bits per heavy atom. The van der Waals surface area contributed by atoms with Crippen molar-refractivity contribution in [2.75, 3.05) is 0 Å². The minimum atomic E-state index is -1.49. The fraction of sp³-hybridized carbons (Fsp3) is 1.00. The van der Waals surface area contributed by atoms with Crippen LogP contribution in [-0.4, -0.2) is 24.4 Å². The molecule has 0 rings (SSSR count). The molecular weight excluding hydrogens is 115 g/mol. The number of hydrogen-bond acceptors (Lipinski definition) is 2. The molecule has 2 nitrogen and oxygen atoms in total. The van der Waals surface area contributed by atoms with E-state index in [2.05, 4.69) is 0 Å². The van der Waals surface area contributed by atoms with Crippen molar-refractivity contribution in [2.45, 2.75) is 33.0 Å². The normalized spacial score (nSPS) is 14.3. The summed E-state index contributed by atoms with van der Waals surface area (Å²) in [5, 5.41) is 17.7. The van der Waals surface area contributed by atoms with Gasteiger partial charge in [0, 0.05) is 14.3 Å². The largest absolute Gasteiger partial charge is 0.366 e. The highest BCUT2D eigenvalue weighted by molar-refractivity contribution is 5.75. The zero-order valence-electron chi connectivity index (χ0n) is 6.26. The minimum Gasteiger partial charge on any atom is -0.366 e. The second-order valence-corrected chi connectivity index (χ2v) is 2.40. The third-order valence-electron chi connectivity index (χ3n) is 1.55. The molecule has 1 atom stereocenters. The van der Waals surface area contributed by atoms with Gasteiger partial charge in [0.05, 0.1) is 0 Å². The summed E-state index contributed by atoms with van der Waals surface area (Å²) in [6, 6.07) is 0. The molecule has 9 heavy (non-hydrogen) atoms. The van der Waals surface area contributed by atoms with E-state index in [1.54, 1.807) is 6.92 Å². The molecule has 0 bridgehead atoms. The van der Waals surface area contributed by atoms with E-state index in [4.69, 9.17) is 10.2 Å². The molecule has 0 aromatic rings. The predicted octanol–water partition coefficient (Wildman–Crippen LogP) is 0.352. The van der Waals surface area contributed by atoms with E-state index in [9.17, 15) is 0 Å². The van der Waals surface area contributed by atoms with Crippen LogP contribution < -0.4 is 0 Å². The molecule has 0 aliphatic rings. The molecule has 0 aromatic carbocycles. The van der Waals surface area contributed by atoms with E-state index >= 15 is 0 Å². The number of rotatable bonds is 2. The fourth-order valence-electron chi connectivity index (χ4n) is 0.387. The molecule has 0 aromatic heterocycles. The van der Waals surface area contributed by atoms with E-state index in [0.717, 1.165) is 6.42 Å². The Hall–Kier alpha value is -0.0151. The molecule has 0 aliphatic carbocycles. The van der Waals surface area contributed by atoms with Gasteiger partial charge >= 0.3 is 0 Å². The van der Waals surface area contributed by atoms with Gasteiger partial charge in [0.15, 0.2) is 5.79 Å². The first kappa shape index (κ1) is 11.7. The molecule has 3 radical (unpaired) electrons. The van der Waals surface area contributed by atoms with E-state index in [1.807, 2.05) is 6.92 Å². The summed E-state index contributed by atoms with van der Waals surface area (Å²) in [7, 11) is 0. The first-order valence-electron chi connectivity index (χ1n) is 2.93. The van der Waals surface area contributed by atoms with E-state index in [0.29, 0.717) is 0 Å². The van der Waals surface area contributed by atoms with Crippen molar-refractivity contribution in [2.24, 2.45) is 5.92 Å². The lowest BCUT2D eigenvalue weighted by atomic mass is 10.0. The van der Waals surface area contributed by atoms with E-state index in [1.165, 1.54) is 6.92 Å². The maximum absolute atomic E-state index is 8.84. The highest BCUT2D eigenvalue weighted by Gasteiger charge is 2.22. The molecule has 0 saturated carbocycles. The van der Waals surface area contributed by atoms with Crippen LogP contribution >= 0.6 is 0 Å². The van der Waals surface area contributed by atoms with Crippen molar-refractivity contribution in [1.29, 1.82) is 0 Å². The van der Waals surface area contributed by atoms with Crippen LogP contribution in [0.2, 0.25) is 0 Å². The van der Waals surface area contributed by atoms with Gasteiger partial charge in [-0.1, -0.05) is 13.8 Å². The van der Waals surface area contributed by atoms with E-state index in [-0.39, 0.29) is 14.3 Å². The molecule has 0 fully saturated rings. The van der Waals surface area contributed by atoms with Crippen LogP contribution in [0.1, 0.15) is 27.2 Å². The van der Waals surface area contributed by atoms with Crippen LogP contribution in [0.25, 0.3) is 0 Å². The zero-order chi connectivity index (χ0) is 6.78.